The van der Waals surface area contributed by atoms with Crippen molar-refractivity contribution in [3.8, 4) is 0 Å². The van der Waals surface area contributed by atoms with Crippen molar-refractivity contribution in [3.63, 3.8) is 0 Å². The molecule has 0 aromatic carbocycles. The summed E-state index contributed by atoms with van der Waals surface area (Å²) in [5.74, 6) is 0. The first-order valence-corrected chi connectivity index (χ1v) is 7.20. The number of rotatable bonds is 4. The number of hydrogen-bond acceptors (Lipinski definition) is 3. The minimum absolute atomic E-state index is 0.601. The third kappa shape index (κ3) is 2.06. The summed E-state index contributed by atoms with van der Waals surface area (Å²) in [7, 11) is 0. The molecule has 1 aliphatic heterocycles. The molecule has 1 saturated heterocycles. The Morgan fingerprint density at radius 1 is 1.56 bits per heavy atom. The molecule has 0 amide bonds. The zero-order valence-corrected chi connectivity index (χ0v) is 11.5. The van der Waals surface area contributed by atoms with Gasteiger partial charge >= 0.3 is 0 Å². The van der Waals surface area contributed by atoms with E-state index >= 15 is 0 Å². The van der Waals surface area contributed by atoms with Crippen LogP contribution < -0.4 is 0 Å². The largest absolute Gasteiger partial charge is 0.382 e. The first-order chi connectivity index (χ1) is 8.64. The smallest absolute Gasteiger partial charge is 0.121 e. The molecule has 0 radical (unpaired) electrons. The van der Waals surface area contributed by atoms with Gasteiger partial charge in [0.25, 0.3) is 0 Å². The van der Waals surface area contributed by atoms with Crippen LogP contribution >= 0.6 is 11.6 Å². The van der Waals surface area contributed by atoms with Crippen LogP contribution in [0.15, 0.2) is 6.20 Å². The van der Waals surface area contributed by atoms with Crippen LogP contribution in [0.3, 0.4) is 0 Å². The van der Waals surface area contributed by atoms with Crippen molar-refractivity contribution in [3.05, 3.63) is 16.9 Å². The highest BCUT2D eigenvalue weighted by atomic mass is 35.5. The van der Waals surface area contributed by atoms with Crippen LogP contribution in [-0.2, 0) is 12.1 Å². The first kappa shape index (κ1) is 12.5. The molecule has 3 rings (SSSR count). The molecule has 1 aromatic rings. The monoisotopic (exact) mass is 269 g/mol. The van der Waals surface area contributed by atoms with Crippen molar-refractivity contribution in [2.75, 3.05) is 13.1 Å². The molecule has 5 heteroatoms. The Bertz CT molecular complexity index is 443. The van der Waals surface area contributed by atoms with E-state index in [0.29, 0.717) is 17.6 Å². The van der Waals surface area contributed by atoms with Crippen LogP contribution in [0.1, 0.15) is 38.3 Å². The van der Waals surface area contributed by atoms with Gasteiger partial charge in [-0.15, -0.1) is 0 Å². The lowest BCUT2D eigenvalue weighted by Gasteiger charge is -2.25. The molecule has 0 spiro atoms. The summed E-state index contributed by atoms with van der Waals surface area (Å²) >= 11 is 6.23. The molecule has 1 N–H and O–H groups in total. The number of nitrogens with zero attached hydrogens (tertiary/aromatic N) is 3. The van der Waals surface area contributed by atoms with Crippen LogP contribution in [0.5, 0.6) is 0 Å². The van der Waals surface area contributed by atoms with E-state index < -0.39 is 5.60 Å². The Kier molecular flexibility index (Phi) is 3.12. The van der Waals surface area contributed by atoms with Crippen LogP contribution in [0, 0.1) is 0 Å². The van der Waals surface area contributed by atoms with Crippen molar-refractivity contribution in [1.29, 1.82) is 0 Å². The molecule has 2 aliphatic rings. The second-order valence-electron chi connectivity index (χ2n) is 5.55. The highest BCUT2D eigenvalue weighted by Gasteiger charge is 2.45. The lowest BCUT2D eigenvalue weighted by Crippen LogP contribution is -2.34. The van der Waals surface area contributed by atoms with Crippen molar-refractivity contribution in [2.45, 2.75) is 50.8 Å². The second kappa shape index (κ2) is 4.51. The molecular weight excluding hydrogens is 250 g/mol. The van der Waals surface area contributed by atoms with E-state index in [0.717, 1.165) is 31.6 Å². The van der Waals surface area contributed by atoms with Crippen molar-refractivity contribution < 1.29 is 5.11 Å². The Balaban J connectivity index is 1.86. The van der Waals surface area contributed by atoms with E-state index in [-0.39, 0.29) is 0 Å². The normalized spacial score (nSPS) is 29.1. The van der Waals surface area contributed by atoms with E-state index in [9.17, 15) is 5.11 Å². The fourth-order valence-electron chi connectivity index (χ4n) is 2.97. The summed E-state index contributed by atoms with van der Waals surface area (Å²) in [5.41, 5.74) is -0.000100. The number of aromatic nitrogens is 2. The van der Waals surface area contributed by atoms with Crippen molar-refractivity contribution >= 4 is 11.6 Å². The Morgan fingerprint density at radius 3 is 3.00 bits per heavy atom. The van der Waals surface area contributed by atoms with Gasteiger partial charge in [-0.3, -0.25) is 9.58 Å². The minimum atomic E-state index is -0.814. The zero-order valence-electron chi connectivity index (χ0n) is 10.8. The lowest BCUT2D eigenvalue weighted by atomic mass is 9.98. The molecule has 1 saturated carbocycles. The fourth-order valence-corrected chi connectivity index (χ4v) is 3.29. The third-order valence-corrected chi connectivity index (χ3v) is 4.29. The van der Waals surface area contributed by atoms with Gasteiger partial charge in [0.15, 0.2) is 0 Å². The summed E-state index contributed by atoms with van der Waals surface area (Å²) in [6.07, 6.45) is 5.96. The van der Waals surface area contributed by atoms with E-state index in [1.54, 1.807) is 6.20 Å². The SMILES string of the molecule is CCCn1ncc(Cl)c1C1(O)CCN(C2CC2)C1. The molecule has 1 aliphatic carbocycles. The fraction of sp³-hybridized carbons (Fsp3) is 0.769. The molecule has 18 heavy (non-hydrogen) atoms. The van der Waals surface area contributed by atoms with Crippen LogP contribution in [-0.4, -0.2) is 38.9 Å². The average Bonchev–Trinajstić information content (AvgIpc) is 3.01. The summed E-state index contributed by atoms with van der Waals surface area (Å²) < 4.78 is 1.87. The molecular formula is C13H20ClN3O. The molecule has 100 valence electrons. The predicted octanol–water partition coefficient (Wildman–Crippen LogP) is 2.00. The molecule has 1 atom stereocenters. The van der Waals surface area contributed by atoms with E-state index in [4.69, 9.17) is 11.6 Å². The van der Waals surface area contributed by atoms with Gasteiger partial charge in [-0.05, 0) is 25.7 Å². The van der Waals surface area contributed by atoms with Gasteiger partial charge in [0.2, 0.25) is 0 Å². The highest BCUT2D eigenvalue weighted by molar-refractivity contribution is 6.31. The topological polar surface area (TPSA) is 41.3 Å². The maximum atomic E-state index is 10.9. The maximum absolute atomic E-state index is 10.9. The Hall–Kier alpha value is -0.580. The van der Waals surface area contributed by atoms with Gasteiger partial charge in [0.05, 0.1) is 16.9 Å². The minimum Gasteiger partial charge on any atom is -0.382 e. The van der Waals surface area contributed by atoms with Crippen LogP contribution in [0.25, 0.3) is 0 Å². The maximum Gasteiger partial charge on any atom is 0.121 e. The van der Waals surface area contributed by atoms with Gasteiger partial charge in [-0.1, -0.05) is 18.5 Å². The summed E-state index contributed by atoms with van der Waals surface area (Å²) in [4.78, 5) is 2.39. The van der Waals surface area contributed by atoms with Gasteiger partial charge in [-0.25, -0.2) is 0 Å². The predicted molar refractivity (Wildman–Crippen MR) is 70.6 cm³/mol. The van der Waals surface area contributed by atoms with Crippen molar-refractivity contribution in [1.82, 2.24) is 14.7 Å². The van der Waals surface area contributed by atoms with Crippen LogP contribution in [0.4, 0.5) is 0 Å². The van der Waals surface area contributed by atoms with Gasteiger partial charge < -0.3 is 5.11 Å². The van der Waals surface area contributed by atoms with E-state index in [1.165, 1.54) is 12.8 Å². The molecule has 2 fully saturated rings. The summed E-state index contributed by atoms with van der Waals surface area (Å²) in [6, 6.07) is 0.695. The van der Waals surface area contributed by atoms with E-state index in [1.807, 2.05) is 4.68 Å². The lowest BCUT2D eigenvalue weighted by molar-refractivity contribution is 0.0361. The van der Waals surface area contributed by atoms with Gasteiger partial charge in [0.1, 0.15) is 5.60 Å². The molecule has 0 bridgehead atoms. The number of hydrogen-bond donors (Lipinski definition) is 1. The highest BCUT2D eigenvalue weighted by Crippen LogP contribution is 2.40. The summed E-state index contributed by atoms with van der Waals surface area (Å²) in [6.45, 7) is 4.59. The molecule has 1 unspecified atom stereocenters. The quantitative estimate of drug-likeness (QED) is 0.909. The Morgan fingerprint density at radius 2 is 2.33 bits per heavy atom. The van der Waals surface area contributed by atoms with Crippen LogP contribution in [0.2, 0.25) is 5.02 Å². The Labute approximate surface area is 113 Å². The number of halogens is 1. The number of likely N-dealkylation sites (tertiary alicyclic amines) is 1. The molecule has 2 heterocycles. The number of aliphatic hydroxyl groups is 1. The standard InChI is InChI=1S/C13H20ClN3O/c1-2-6-17-12(11(14)8-15-17)13(18)5-7-16(9-13)10-3-4-10/h8,10,18H,2-7,9H2,1H3. The number of aryl methyl sites for hydroxylation is 1. The third-order valence-electron chi connectivity index (χ3n) is 4.01. The molecule has 4 nitrogen and oxygen atoms in total. The second-order valence-corrected chi connectivity index (χ2v) is 5.95. The average molecular weight is 270 g/mol. The summed E-state index contributed by atoms with van der Waals surface area (Å²) in [5, 5.41) is 15.8. The molecule has 1 aromatic heterocycles. The van der Waals surface area contributed by atoms with Gasteiger partial charge in [0, 0.05) is 25.7 Å². The van der Waals surface area contributed by atoms with Gasteiger partial charge in [-0.2, -0.15) is 5.10 Å². The first-order valence-electron chi connectivity index (χ1n) is 6.82. The van der Waals surface area contributed by atoms with Crippen molar-refractivity contribution in [2.24, 2.45) is 0 Å². The zero-order chi connectivity index (χ0) is 12.8. The number of β-amino-alcohol motifs (C(OH)–C–C–N with tert-alkyl or cyclic N) is 1. The van der Waals surface area contributed by atoms with E-state index in [2.05, 4.69) is 16.9 Å².